The summed E-state index contributed by atoms with van der Waals surface area (Å²) in [6, 6.07) is 10.2. The van der Waals surface area contributed by atoms with Crippen LogP contribution in [0.2, 0.25) is 0 Å². The number of hydrogen-bond donors (Lipinski definition) is 1. The van der Waals surface area contributed by atoms with Gasteiger partial charge in [-0.15, -0.1) is 0 Å². The summed E-state index contributed by atoms with van der Waals surface area (Å²) in [6.45, 7) is 9.24. The Morgan fingerprint density at radius 1 is 1.15 bits per heavy atom. The second-order valence-corrected chi connectivity index (χ2v) is 7.42. The highest BCUT2D eigenvalue weighted by atomic mass is 16.5. The van der Waals surface area contributed by atoms with E-state index in [9.17, 15) is 0 Å². The fraction of sp³-hybridized carbons (Fsp3) is 0.476. The van der Waals surface area contributed by atoms with Crippen molar-refractivity contribution in [2.24, 2.45) is 7.05 Å². The van der Waals surface area contributed by atoms with Crippen LogP contribution in [0.25, 0.3) is 11.0 Å². The lowest BCUT2D eigenvalue weighted by Crippen LogP contribution is -2.38. The molecule has 0 saturated carbocycles. The first-order valence-electron chi connectivity index (χ1n) is 9.70. The van der Waals surface area contributed by atoms with Crippen LogP contribution in [0, 0.1) is 0 Å². The summed E-state index contributed by atoms with van der Waals surface area (Å²) in [7, 11) is 2.04. The van der Waals surface area contributed by atoms with Crippen LogP contribution in [0.1, 0.15) is 36.8 Å². The molecule has 1 aromatic carbocycles. The summed E-state index contributed by atoms with van der Waals surface area (Å²) in [5.74, 6) is 2.55. The second-order valence-electron chi connectivity index (χ2n) is 7.42. The van der Waals surface area contributed by atoms with Crippen LogP contribution < -0.4 is 10.2 Å². The van der Waals surface area contributed by atoms with Gasteiger partial charge in [-0.3, -0.25) is 4.68 Å². The van der Waals surface area contributed by atoms with E-state index in [0.29, 0.717) is 12.5 Å². The Bertz CT molecular complexity index is 873. The molecule has 0 aliphatic carbocycles. The van der Waals surface area contributed by atoms with Gasteiger partial charge in [0, 0.05) is 37.6 Å². The normalized spacial score (nSPS) is 15.2. The number of benzene rings is 1. The van der Waals surface area contributed by atoms with Crippen LogP contribution in [-0.4, -0.2) is 36.1 Å². The molecule has 0 bridgehead atoms. The molecule has 0 atom stereocenters. The van der Waals surface area contributed by atoms with Gasteiger partial charge in [-0.25, -0.2) is 0 Å². The molecule has 0 unspecified atom stereocenters. The maximum absolute atomic E-state index is 5.93. The van der Waals surface area contributed by atoms with Gasteiger partial charge in [-0.1, -0.05) is 32.0 Å². The first-order chi connectivity index (χ1) is 13.1. The number of aromatic nitrogens is 2. The fourth-order valence-electron chi connectivity index (χ4n) is 3.82. The van der Waals surface area contributed by atoms with Crippen LogP contribution in [0.3, 0.4) is 0 Å². The Balaban J connectivity index is 1.52. The molecule has 0 spiro atoms. The molecule has 0 radical (unpaired) electrons. The number of hydrogen-bond acceptors (Lipinski definition) is 5. The van der Waals surface area contributed by atoms with Gasteiger partial charge in [-0.2, -0.15) is 5.10 Å². The maximum atomic E-state index is 5.93. The summed E-state index contributed by atoms with van der Waals surface area (Å²) in [5.41, 5.74) is 3.38. The number of nitrogens with one attached hydrogen (secondary N) is 1. The Labute approximate surface area is 160 Å². The number of nitrogens with zero attached hydrogens (tertiary/aromatic N) is 3. The average Bonchev–Trinajstić information content (AvgIpc) is 3.23. The van der Waals surface area contributed by atoms with Crippen molar-refractivity contribution in [1.29, 1.82) is 0 Å². The van der Waals surface area contributed by atoms with Crippen LogP contribution in [0.15, 0.2) is 34.7 Å². The number of aryl methyl sites for hydroxylation is 1. The highest BCUT2D eigenvalue weighted by Gasteiger charge is 2.24. The van der Waals surface area contributed by atoms with Crippen molar-refractivity contribution in [2.75, 3.05) is 31.2 Å². The van der Waals surface area contributed by atoms with E-state index >= 15 is 0 Å². The van der Waals surface area contributed by atoms with E-state index in [1.165, 1.54) is 11.4 Å². The first kappa shape index (κ1) is 18.1. The van der Waals surface area contributed by atoms with E-state index in [0.717, 1.165) is 55.3 Å². The summed E-state index contributed by atoms with van der Waals surface area (Å²) >= 11 is 0. The van der Waals surface area contributed by atoms with Gasteiger partial charge in [0.25, 0.3) is 0 Å². The van der Waals surface area contributed by atoms with Gasteiger partial charge >= 0.3 is 0 Å². The first-order valence-corrected chi connectivity index (χ1v) is 9.70. The summed E-state index contributed by atoms with van der Waals surface area (Å²) in [6.07, 6.45) is 0. The van der Waals surface area contributed by atoms with E-state index in [-0.39, 0.29) is 0 Å². The van der Waals surface area contributed by atoms with Crippen molar-refractivity contribution in [1.82, 2.24) is 15.1 Å². The van der Waals surface area contributed by atoms with Gasteiger partial charge < -0.3 is 19.4 Å². The van der Waals surface area contributed by atoms with Crippen LogP contribution in [-0.2, 0) is 24.9 Å². The Hall–Kier alpha value is -2.31. The Kier molecular flexibility index (Phi) is 5.18. The standard InChI is InChI=1S/C21H28N4O2/c1-15(2)20-18(21(24(3)23-20)25-8-10-26-11-9-25)14-22-13-17-12-16-6-4-5-7-19(16)27-17/h4-7,12,15,22H,8-11,13-14H2,1-3H3. The minimum Gasteiger partial charge on any atom is -0.460 e. The topological polar surface area (TPSA) is 55.5 Å². The van der Waals surface area contributed by atoms with E-state index in [2.05, 4.69) is 36.2 Å². The number of fused-ring (bicyclic) bond motifs is 1. The fourth-order valence-corrected chi connectivity index (χ4v) is 3.82. The van der Waals surface area contributed by atoms with Gasteiger partial charge in [0.05, 0.1) is 25.5 Å². The van der Waals surface area contributed by atoms with Crippen LogP contribution in [0.5, 0.6) is 0 Å². The second kappa shape index (κ2) is 7.74. The molecule has 144 valence electrons. The molecular weight excluding hydrogens is 340 g/mol. The SMILES string of the molecule is CC(C)c1nn(C)c(N2CCOCC2)c1CNCc1cc2ccccc2o1. The van der Waals surface area contributed by atoms with Crippen molar-refractivity contribution >= 4 is 16.8 Å². The third kappa shape index (κ3) is 3.73. The Morgan fingerprint density at radius 3 is 2.67 bits per heavy atom. The smallest absolute Gasteiger partial charge is 0.134 e. The molecule has 2 aromatic heterocycles. The van der Waals surface area contributed by atoms with Crippen molar-refractivity contribution in [3.63, 3.8) is 0 Å². The zero-order valence-electron chi connectivity index (χ0n) is 16.4. The maximum Gasteiger partial charge on any atom is 0.134 e. The number of ether oxygens (including phenoxy) is 1. The molecule has 1 saturated heterocycles. The minimum absolute atomic E-state index is 0.383. The van der Waals surface area contributed by atoms with Gasteiger partial charge in [0.1, 0.15) is 17.2 Å². The van der Waals surface area contributed by atoms with E-state index in [1.54, 1.807) is 0 Å². The molecule has 1 aliphatic rings. The molecule has 4 rings (SSSR count). The van der Waals surface area contributed by atoms with E-state index < -0.39 is 0 Å². The number of para-hydroxylation sites is 1. The minimum atomic E-state index is 0.383. The molecule has 6 heteroatoms. The number of rotatable bonds is 6. The van der Waals surface area contributed by atoms with Gasteiger partial charge in [0.2, 0.25) is 0 Å². The van der Waals surface area contributed by atoms with Crippen molar-refractivity contribution in [2.45, 2.75) is 32.9 Å². The van der Waals surface area contributed by atoms with Crippen molar-refractivity contribution in [3.8, 4) is 0 Å². The molecule has 3 heterocycles. The van der Waals surface area contributed by atoms with E-state index in [1.807, 2.05) is 29.9 Å². The monoisotopic (exact) mass is 368 g/mol. The highest BCUT2D eigenvalue weighted by Crippen LogP contribution is 2.29. The summed E-state index contributed by atoms with van der Waals surface area (Å²) < 4.78 is 13.5. The lowest BCUT2D eigenvalue weighted by molar-refractivity contribution is 0.122. The highest BCUT2D eigenvalue weighted by molar-refractivity contribution is 5.77. The Morgan fingerprint density at radius 2 is 1.93 bits per heavy atom. The molecule has 1 fully saturated rings. The third-order valence-corrected chi connectivity index (χ3v) is 5.08. The number of morpholine rings is 1. The number of furan rings is 1. The lowest BCUT2D eigenvalue weighted by Gasteiger charge is -2.29. The molecule has 27 heavy (non-hydrogen) atoms. The van der Waals surface area contributed by atoms with Crippen molar-refractivity contribution in [3.05, 3.63) is 47.3 Å². The zero-order chi connectivity index (χ0) is 18.8. The largest absolute Gasteiger partial charge is 0.460 e. The molecule has 1 N–H and O–H groups in total. The predicted molar refractivity (Wildman–Crippen MR) is 107 cm³/mol. The molecular formula is C21H28N4O2. The zero-order valence-corrected chi connectivity index (χ0v) is 16.4. The molecule has 1 aliphatic heterocycles. The third-order valence-electron chi connectivity index (χ3n) is 5.08. The van der Waals surface area contributed by atoms with Gasteiger partial charge in [0.15, 0.2) is 0 Å². The van der Waals surface area contributed by atoms with Crippen LogP contribution in [0.4, 0.5) is 5.82 Å². The van der Waals surface area contributed by atoms with Crippen LogP contribution >= 0.6 is 0 Å². The molecule has 0 amide bonds. The predicted octanol–water partition coefficient (Wildman–Crippen LogP) is 3.42. The number of anilines is 1. The summed E-state index contributed by atoms with van der Waals surface area (Å²) in [5, 5.41) is 9.52. The molecule has 6 nitrogen and oxygen atoms in total. The summed E-state index contributed by atoms with van der Waals surface area (Å²) in [4.78, 5) is 2.39. The molecule has 3 aromatic rings. The average molecular weight is 368 g/mol. The van der Waals surface area contributed by atoms with Crippen molar-refractivity contribution < 1.29 is 9.15 Å². The quantitative estimate of drug-likeness (QED) is 0.723. The van der Waals surface area contributed by atoms with E-state index in [4.69, 9.17) is 14.3 Å². The lowest BCUT2D eigenvalue weighted by atomic mass is 10.0. The van der Waals surface area contributed by atoms with Gasteiger partial charge in [-0.05, 0) is 18.1 Å².